The first-order chi connectivity index (χ1) is 11.9. The van der Waals surface area contributed by atoms with Crippen LogP contribution < -0.4 is 16.6 Å². The second-order valence-corrected chi connectivity index (χ2v) is 8.32. The Balaban J connectivity index is 2.03. The lowest BCUT2D eigenvalue weighted by Gasteiger charge is -2.17. The monoisotopic (exact) mass is 380 g/mol. The first kappa shape index (κ1) is 17.9. The predicted molar refractivity (Wildman–Crippen MR) is 99.3 cm³/mol. The van der Waals surface area contributed by atoms with Crippen LogP contribution in [0.1, 0.15) is 42.2 Å². The summed E-state index contributed by atoms with van der Waals surface area (Å²) in [7, 11) is 0. The molecular formula is C16H20N4O3S2. The number of hydrogen-bond acceptors (Lipinski definition) is 6. The molecule has 3 amide bonds. The number of rotatable bonds is 4. The van der Waals surface area contributed by atoms with Crippen molar-refractivity contribution in [3.63, 3.8) is 0 Å². The number of amides is 3. The van der Waals surface area contributed by atoms with E-state index in [1.807, 2.05) is 19.2 Å². The average Bonchev–Trinajstić information content (AvgIpc) is 3.14. The van der Waals surface area contributed by atoms with Crippen molar-refractivity contribution in [1.82, 2.24) is 14.9 Å². The van der Waals surface area contributed by atoms with Crippen molar-refractivity contribution >= 4 is 45.3 Å². The molecule has 2 heterocycles. The second-order valence-electron chi connectivity index (χ2n) is 6.17. The van der Waals surface area contributed by atoms with Gasteiger partial charge in [-0.15, -0.1) is 11.3 Å². The van der Waals surface area contributed by atoms with E-state index >= 15 is 0 Å². The molecule has 3 rings (SSSR count). The van der Waals surface area contributed by atoms with E-state index in [4.69, 9.17) is 5.73 Å². The van der Waals surface area contributed by atoms with E-state index in [0.29, 0.717) is 15.4 Å². The van der Waals surface area contributed by atoms with Crippen LogP contribution in [0.4, 0.5) is 4.79 Å². The van der Waals surface area contributed by atoms with Crippen LogP contribution >= 0.6 is 23.1 Å². The summed E-state index contributed by atoms with van der Waals surface area (Å²) in [6, 6.07) is -0.766. The van der Waals surface area contributed by atoms with Gasteiger partial charge in [0.05, 0.1) is 11.1 Å². The Bertz CT molecular complexity index is 897. The Kier molecular flexibility index (Phi) is 5.14. The number of thioether (sulfide) groups is 1. The number of imide groups is 1. The fraction of sp³-hybridized carbons (Fsp3) is 0.500. The Morgan fingerprint density at radius 3 is 2.68 bits per heavy atom. The lowest BCUT2D eigenvalue weighted by Crippen LogP contribution is -2.36. The molecule has 1 aliphatic carbocycles. The highest BCUT2D eigenvalue weighted by molar-refractivity contribution is 7.99. The van der Waals surface area contributed by atoms with E-state index < -0.39 is 11.9 Å². The topological polar surface area (TPSA) is 107 Å². The third-order valence-electron chi connectivity index (χ3n) is 4.49. The quantitative estimate of drug-likeness (QED) is 0.626. The molecular weight excluding hydrogens is 360 g/mol. The van der Waals surface area contributed by atoms with Crippen molar-refractivity contribution in [3.05, 3.63) is 20.8 Å². The van der Waals surface area contributed by atoms with Gasteiger partial charge in [-0.1, -0.05) is 24.6 Å². The van der Waals surface area contributed by atoms with Crippen LogP contribution in [-0.4, -0.2) is 27.2 Å². The van der Waals surface area contributed by atoms with Crippen LogP contribution in [0.3, 0.4) is 0 Å². The number of aryl methyl sites for hydroxylation is 2. The van der Waals surface area contributed by atoms with Gasteiger partial charge in [0.15, 0.2) is 5.16 Å². The normalized spacial score (nSPS) is 15.0. The molecule has 0 aromatic carbocycles. The highest BCUT2D eigenvalue weighted by Gasteiger charge is 2.25. The second kappa shape index (κ2) is 7.17. The Morgan fingerprint density at radius 2 is 2.04 bits per heavy atom. The van der Waals surface area contributed by atoms with Gasteiger partial charge in [-0.25, -0.2) is 9.78 Å². The Morgan fingerprint density at radius 1 is 1.36 bits per heavy atom. The van der Waals surface area contributed by atoms with Crippen molar-refractivity contribution in [2.75, 3.05) is 5.75 Å². The van der Waals surface area contributed by atoms with Gasteiger partial charge in [0.1, 0.15) is 4.83 Å². The maximum Gasteiger partial charge on any atom is 0.318 e. The molecule has 1 aliphatic rings. The summed E-state index contributed by atoms with van der Waals surface area (Å²) in [5, 5.41) is 3.25. The van der Waals surface area contributed by atoms with Gasteiger partial charge in [-0.3, -0.25) is 19.5 Å². The van der Waals surface area contributed by atoms with E-state index in [-0.39, 0.29) is 17.4 Å². The Hall–Kier alpha value is -1.87. The van der Waals surface area contributed by atoms with Crippen LogP contribution in [0.15, 0.2) is 9.95 Å². The molecule has 0 aliphatic heterocycles. The van der Waals surface area contributed by atoms with Crippen molar-refractivity contribution in [2.45, 2.75) is 50.7 Å². The number of carbonyl (C=O) groups is 2. The van der Waals surface area contributed by atoms with Crippen molar-refractivity contribution in [1.29, 1.82) is 0 Å². The van der Waals surface area contributed by atoms with E-state index in [9.17, 15) is 14.4 Å². The first-order valence-corrected chi connectivity index (χ1v) is 9.93. The summed E-state index contributed by atoms with van der Waals surface area (Å²) in [5.41, 5.74) is 5.91. The first-order valence-electron chi connectivity index (χ1n) is 8.12. The minimum atomic E-state index is -0.883. The summed E-state index contributed by atoms with van der Waals surface area (Å²) >= 11 is 2.66. The number of aromatic nitrogens is 2. The standard InChI is InChI=1S/C16H20N4O3S2/c1-8-9(2)25-13-12(8)14(22)20(10-5-3-4-6-10)16(19-13)24-7-11(21)18-15(17)23/h10H,3-7H2,1-2H3,(H3,17,18,21,23). The molecule has 134 valence electrons. The molecule has 25 heavy (non-hydrogen) atoms. The SMILES string of the molecule is Cc1sc2nc(SCC(=O)NC(N)=O)n(C3CCCC3)c(=O)c2c1C. The van der Waals surface area contributed by atoms with Crippen LogP contribution in [0, 0.1) is 13.8 Å². The van der Waals surface area contributed by atoms with Gasteiger partial charge in [0, 0.05) is 10.9 Å². The molecule has 0 atom stereocenters. The number of urea groups is 1. The summed E-state index contributed by atoms with van der Waals surface area (Å²) in [5.74, 6) is -0.514. The van der Waals surface area contributed by atoms with Gasteiger partial charge in [0.25, 0.3) is 5.56 Å². The number of hydrogen-bond donors (Lipinski definition) is 2. The molecule has 7 nitrogen and oxygen atoms in total. The van der Waals surface area contributed by atoms with Crippen LogP contribution in [0.5, 0.6) is 0 Å². The minimum absolute atomic E-state index is 0.0169. The summed E-state index contributed by atoms with van der Waals surface area (Å²) < 4.78 is 1.75. The highest BCUT2D eigenvalue weighted by Crippen LogP contribution is 2.34. The van der Waals surface area contributed by atoms with E-state index in [1.54, 1.807) is 4.57 Å². The zero-order chi connectivity index (χ0) is 18.1. The maximum absolute atomic E-state index is 13.1. The summed E-state index contributed by atoms with van der Waals surface area (Å²) in [6.45, 7) is 3.93. The molecule has 1 saturated carbocycles. The fourth-order valence-corrected chi connectivity index (χ4v) is 5.11. The van der Waals surface area contributed by atoms with Gasteiger partial charge >= 0.3 is 6.03 Å². The number of fused-ring (bicyclic) bond motifs is 1. The molecule has 3 N–H and O–H groups in total. The third-order valence-corrected chi connectivity index (χ3v) is 6.54. The zero-order valence-corrected chi connectivity index (χ0v) is 15.8. The Labute approximate surface area is 153 Å². The van der Waals surface area contributed by atoms with Gasteiger partial charge in [-0.05, 0) is 32.3 Å². The van der Waals surface area contributed by atoms with Crippen LogP contribution in [-0.2, 0) is 4.79 Å². The third kappa shape index (κ3) is 3.57. The largest absolute Gasteiger partial charge is 0.351 e. The van der Waals surface area contributed by atoms with Gasteiger partial charge < -0.3 is 5.73 Å². The number of carbonyl (C=O) groups excluding carboxylic acids is 2. The zero-order valence-electron chi connectivity index (χ0n) is 14.1. The van der Waals surface area contributed by atoms with E-state index in [0.717, 1.165) is 36.1 Å². The number of nitrogens with two attached hydrogens (primary N) is 1. The number of nitrogens with one attached hydrogen (secondary N) is 1. The number of primary amides is 1. The van der Waals surface area contributed by atoms with E-state index in [2.05, 4.69) is 4.98 Å². The van der Waals surface area contributed by atoms with Gasteiger partial charge in [0.2, 0.25) is 5.91 Å². The fourth-order valence-electron chi connectivity index (χ4n) is 3.18. The number of nitrogens with zero attached hydrogens (tertiary/aromatic N) is 2. The predicted octanol–water partition coefficient (Wildman–Crippen LogP) is 2.48. The molecule has 0 bridgehead atoms. The molecule has 9 heteroatoms. The lowest BCUT2D eigenvalue weighted by atomic mass is 10.2. The molecule has 2 aromatic heterocycles. The molecule has 0 unspecified atom stereocenters. The highest BCUT2D eigenvalue weighted by atomic mass is 32.2. The smallest absolute Gasteiger partial charge is 0.318 e. The maximum atomic E-state index is 13.1. The van der Waals surface area contributed by atoms with E-state index in [1.165, 1.54) is 23.1 Å². The molecule has 0 spiro atoms. The van der Waals surface area contributed by atoms with Crippen LogP contribution in [0.2, 0.25) is 0 Å². The lowest BCUT2D eigenvalue weighted by molar-refractivity contribution is -0.117. The average molecular weight is 380 g/mol. The van der Waals surface area contributed by atoms with Crippen molar-refractivity contribution < 1.29 is 9.59 Å². The number of thiophene rings is 1. The molecule has 0 saturated heterocycles. The summed E-state index contributed by atoms with van der Waals surface area (Å²) in [4.78, 5) is 42.1. The molecule has 1 fully saturated rings. The van der Waals surface area contributed by atoms with Crippen LogP contribution in [0.25, 0.3) is 10.2 Å². The molecule has 0 radical (unpaired) electrons. The van der Waals surface area contributed by atoms with Gasteiger partial charge in [-0.2, -0.15) is 0 Å². The van der Waals surface area contributed by atoms with Crippen molar-refractivity contribution in [3.8, 4) is 0 Å². The van der Waals surface area contributed by atoms with Crippen molar-refractivity contribution in [2.24, 2.45) is 5.73 Å². The minimum Gasteiger partial charge on any atom is -0.351 e. The molecule has 2 aromatic rings. The summed E-state index contributed by atoms with van der Waals surface area (Å²) in [6.07, 6.45) is 4.05.